The van der Waals surface area contributed by atoms with Crippen LogP contribution in [0.5, 0.6) is 5.75 Å². The molecule has 100 valence electrons. The van der Waals surface area contributed by atoms with Crippen molar-refractivity contribution >= 4 is 17.3 Å². The Balaban J connectivity index is 1.70. The number of anilines is 2. The number of carbonyl (C=O) groups excluding carboxylic acids is 1. The molecule has 1 aromatic rings. The van der Waals surface area contributed by atoms with E-state index >= 15 is 0 Å². The van der Waals surface area contributed by atoms with Crippen LogP contribution in [-0.4, -0.2) is 13.0 Å². The smallest absolute Gasteiger partial charge is 0.228 e. The highest BCUT2D eigenvalue weighted by molar-refractivity contribution is 5.94. The van der Waals surface area contributed by atoms with Gasteiger partial charge in [-0.05, 0) is 42.9 Å². The van der Waals surface area contributed by atoms with E-state index in [4.69, 9.17) is 10.5 Å². The van der Waals surface area contributed by atoms with Crippen molar-refractivity contribution in [1.82, 2.24) is 0 Å². The third-order valence-electron chi connectivity index (χ3n) is 4.11. The fourth-order valence-electron chi connectivity index (χ4n) is 3.13. The Morgan fingerprint density at radius 2 is 2.21 bits per heavy atom. The van der Waals surface area contributed by atoms with Gasteiger partial charge in [0, 0.05) is 11.6 Å². The van der Waals surface area contributed by atoms with Crippen molar-refractivity contribution in [2.24, 2.45) is 17.8 Å². The van der Waals surface area contributed by atoms with Crippen LogP contribution in [0.25, 0.3) is 0 Å². The van der Waals surface area contributed by atoms with Crippen molar-refractivity contribution in [2.45, 2.75) is 12.8 Å². The summed E-state index contributed by atoms with van der Waals surface area (Å²) in [4.78, 5) is 12.3. The summed E-state index contributed by atoms with van der Waals surface area (Å²) < 4.78 is 5.10. The predicted molar refractivity (Wildman–Crippen MR) is 74.9 cm³/mol. The van der Waals surface area contributed by atoms with Crippen molar-refractivity contribution in [1.29, 1.82) is 0 Å². The van der Waals surface area contributed by atoms with Gasteiger partial charge in [0.15, 0.2) is 0 Å². The molecule has 3 atom stereocenters. The molecular weight excluding hydrogens is 240 g/mol. The van der Waals surface area contributed by atoms with Crippen LogP contribution >= 0.6 is 0 Å². The molecule has 0 radical (unpaired) electrons. The first-order valence-electron chi connectivity index (χ1n) is 6.60. The van der Waals surface area contributed by atoms with E-state index in [1.54, 1.807) is 19.2 Å². The zero-order valence-corrected chi connectivity index (χ0v) is 10.9. The van der Waals surface area contributed by atoms with E-state index in [1.807, 2.05) is 6.07 Å². The van der Waals surface area contributed by atoms with Crippen molar-refractivity contribution in [3.05, 3.63) is 30.4 Å². The summed E-state index contributed by atoms with van der Waals surface area (Å²) in [6.45, 7) is 0. The first-order chi connectivity index (χ1) is 9.17. The molecule has 0 aromatic heterocycles. The van der Waals surface area contributed by atoms with E-state index in [9.17, 15) is 4.79 Å². The molecule has 3 rings (SSSR count). The van der Waals surface area contributed by atoms with Crippen molar-refractivity contribution in [2.75, 3.05) is 18.2 Å². The lowest BCUT2D eigenvalue weighted by atomic mass is 9.93. The first-order valence-corrected chi connectivity index (χ1v) is 6.60. The molecule has 2 aliphatic rings. The summed E-state index contributed by atoms with van der Waals surface area (Å²) >= 11 is 0. The Morgan fingerprint density at radius 1 is 1.37 bits per heavy atom. The van der Waals surface area contributed by atoms with Gasteiger partial charge in [-0.2, -0.15) is 0 Å². The summed E-state index contributed by atoms with van der Waals surface area (Å²) in [7, 11) is 1.57. The lowest BCUT2D eigenvalue weighted by Gasteiger charge is -2.18. The molecule has 4 heteroatoms. The van der Waals surface area contributed by atoms with Gasteiger partial charge in [0.25, 0.3) is 0 Å². The Labute approximate surface area is 112 Å². The highest BCUT2D eigenvalue weighted by Gasteiger charge is 2.39. The van der Waals surface area contributed by atoms with Crippen LogP contribution < -0.4 is 15.8 Å². The Hall–Kier alpha value is -1.97. The average Bonchev–Trinajstić information content (AvgIpc) is 3.01. The van der Waals surface area contributed by atoms with Crippen LogP contribution in [-0.2, 0) is 4.79 Å². The van der Waals surface area contributed by atoms with E-state index in [0.29, 0.717) is 23.3 Å². The van der Waals surface area contributed by atoms with E-state index < -0.39 is 0 Å². The minimum Gasteiger partial charge on any atom is -0.495 e. The quantitative estimate of drug-likeness (QED) is 0.646. The number of rotatable bonds is 3. The molecule has 0 saturated heterocycles. The largest absolute Gasteiger partial charge is 0.495 e. The van der Waals surface area contributed by atoms with Gasteiger partial charge in [-0.3, -0.25) is 4.79 Å². The highest BCUT2D eigenvalue weighted by Crippen LogP contribution is 2.43. The van der Waals surface area contributed by atoms with E-state index in [2.05, 4.69) is 17.5 Å². The molecule has 19 heavy (non-hydrogen) atoms. The van der Waals surface area contributed by atoms with Gasteiger partial charge >= 0.3 is 0 Å². The number of hydrogen-bond donors (Lipinski definition) is 2. The lowest BCUT2D eigenvalue weighted by molar-refractivity contribution is -0.120. The molecular formula is C15H18N2O2. The summed E-state index contributed by atoms with van der Waals surface area (Å²) in [5, 5.41) is 2.95. The number of nitrogens with two attached hydrogens (primary N) is 1. The van der Waals surface area contributed by atoms with Gasteiger partial charge < -0.3 is 15.8 Å². The second-order valence-electron chi connectivity index (χ2n) is 5.33. The van der Waals surface area contributed by atoms with Gasteiger partial charge in [-0.1, -0.05) is 12.2 Å². The topological polar surface area (TPSA) is 64.3 Å². The summed E-state index contributed by atoms with van der Waals surface area (Å²) in [5.41, 5.74) is 7.10. The third kappa shape index (κ3) is 2.18. The minimum atomic E-state index is 0.0985. The number of methoxy groups -OCH3 is 1. The summed E-state index contributed by atoms with van der Waals surface area (Å²) in [5.74, 6) is 1.85. The van der Waals surface area contributed by atoms with E-state index in [-0.39, 0.29) is 11.8 Å². The normalized spacial score (nSPS) is 27.5. The van der Waals surface area contributed by atoms with Crippen molar-refractivity contribution in [3.8, 4) is 5.75 Å². The number of nitrogen functional groups attached to an aromatic ring is 1. The van der Waals surface area contributed by atoms with Crippen LogP contribution in [0.1, 0.15) is 12.8 Å². The molecule has 1 fully saturated rings. The van der Waals surface area contributed by atoms with Crippen LogP contribution in [0.3, 0.4) is 0 Å². The zero-order valence-electron chi connectivity index (χ0n) is 10.9. The molecule has 3 unspecified atom stereocenters. The van der Waals surface area contributed by atoms with Gasteiger partial charge in [-0.25, -0.2) is 0 Å². The number of hydrogen-bond acceptors (Lipinski definition) is 3. The average molecular weight is 258 g/mol. The van der Waals surface area contributed by atoms with E-state index in [1.165, 1.54) is 0 Å². The second-order valence-corrected chi connectivity index (χ2v) is 5.33. The van der Waals surface area contributed by atoms with E-state index in [0.717, 1.165) is 18.5 Å². The molecule has 2 bridgehead atoms. The lowest BCUT2D eigenvalue weighted by Crippen LogP contribution is -2.25. The first kappa shape index (κ1) is 12.1. The van der Waals surface area contributed by atoms with Gasteiger partial charge in [-0.15, -0.1) is 0 Å². The zero-order chi connectivity index (χ0) is 13.4. The van der Waals surface area contributed by atoms with Crippen LogP contribution in [0, 0.1) is 17.8 Å². The van der Waals surface area contributed by atoms with Crippen LogP contribution in [0.15, 0.2) is 30.4 Å². The van der Waals surface area contributed by atoms with Gasteiger partial charge in [0.05, 0.1) is 12.8 Å². The Kier molecular flexibility index (Phi) is 2.93. The molecule has 0 spiro atoms. The number of nitrogens with one attached hydrogen (secondary N) is 1. The molecule has 0 heterocycles. The number of amides is 1. The fraction of sp³-hybridized carbons (Fsp3) is 0.400. The molecule has 2 aliphatic carbocycles. The Bertz CT molecular complexity index is 539. The molecule has 1 saturated carbocycles. The van der Waals surface area contributed by atoms with Crippen LogP contribution in [0.2, 0.25) is 0 Å². The number of allylic oxidation sites excluding steroid dienone is 2. The molecule has 1 aromatic carbocycles. The molecule has 0 aliphatic heterocycles. The molecule has 1 amide bonds. The molecule has 4 nitrogen and oxygen atoms in total. The van der Waals surface area contributed by atoms with Crippen LogP contribution in [0.4, 0.5) is 11.4 Å². The standard InChI is InChI=1S/C15H18N2O2/c1-19-14-5-4-11(8-13(14)16)17-15(18)12-7-9-2-3-10(12)6-9/h2-5,8-10,12H,6-7,16H2,1H3,(H,17,18). The SMILES string of the molecule is COc1ccc(NC(=O)C2CC3C=CC2C3)cc1N. The maximum absolute atomic E-state index is 12.3. The number of fused-ring (bicyclic) bond motifs is 2. The summed E-state index contributed by atoms with van der Waals surface area (Å²) in [6.07, 6.45) is 6.52. The predicted octanol–water partition coefficient (Wildman–Crippen LogP) is 2.43. The monoisotopic (exact) mass is 258 g/mol. The van der Waals surface area contributed by atoms with Crippen molar-refractivity contribution in [3.63, 3.8) is 0 Å². The van der Waals surface area contributed by atoms with Crippen molar-refractivity contribution < 1.29 is 9.53 Å². The van der Waals surface area contributed by atoms with Gasteiger partial charge in [0.1, 0.15) is 5.75 Å². The fourth-order valence-corrected chi connectivity index (χ4v) is 3.13. The number of ether oxygens (including phenoxy) is 1. The second kappa shape index (κ2) is 4.61. The maximum atomic E-state index is 12.3. The minimum absolute atomic E-state index is 0.0985. The molecule has 3 N–H and O–H groups in total. The van der Waals surface area contributed by atoms with Gasteiger partial charge in [0.2, 0.25) is 5.91 Å². The maximum Gasteiger partial charge on any atom is 0.228 e. The highest BCUT2D eigenvalue weighted by atomic mass is 16.5. The Morgan fingerprint density at radius 3 is 2.79 bits per heavy atom. The number of carbonyl (C=O) groups is 1. The third-order valence-corrected chi connectivity index (χ3v) is 4.11. The summed E-state index contributed by atoms with van der Waals surface area (Å²) in [6, 6.07) is 5.32. The number of benzene rings is 1.